The number of anilines is 1. The zero-order valence-corrected chi connectivity index (χ0v) is 22.6. The van der Waals surface area contributed by atoms with Crippen LogP contribution in [0.5, 0.6) is 0 Å². The number of nitrogens with zero attached hydrogens (tertiary/aromatic N) is 4. The summed E-state index contributed by atoms with van der Waals surface area (Å²) < 4.78 is 99.2. The minimum Gasteiger partial charge on any atom is -0.352 e. The fourth-order valence-corrected chi connectivity index (χ4v) is 6.53. The van der Waals surface area contributed by atoms with E-state index < -0.39 is 46.8 Å². The van der Waals surface area contributed by atoms with Crippen molar-refractivity contribution in [3.8, 4) is 0 Å². The first-order valence-electron chi connectivity index (χ1n) is 12.1. The predicted molar refractivity (Wildman–Crippen MR) is 138 cm³/mol. The van der Waals surface area contributed by atoms with Gasteiger partial charge in [-0.3, -0.25) is 10.1 Å². The van der Waals surface area contributed by atoms with E-state index in [0.717, 1.165) is 11.3 Å². The normalized spacial score (nSPS) is 15.2. The number of rotatable bonds is 9. The van der Waals surface area contributed by atoms with E-state index in [2.05, 4.69) is 9.97 Å². The van der Waals surface area contributed by atoms with Crippen molar-refractivity contribution >= 4 is 43.1 Å². The Morgan fingerprint density at radius 3 is 2.23 bits per heavy atom. The van der Waals surface area contributed by atoms with Gasteiger partial charge in [0.05, 0.1) is 36.4 Å². The van der Waals surface area contributed by atoms with Gasteiger partial charge in [0.25, 0.3) is 0 Å². The number of fused-ring (bicyclic) bond motifs is 1. The van der Waals surface area contributed by atoms with Crippen molar-refractivity contribution in [2.75, 3.05) is 43.5 Å². The molecule has 1 fully saturated rings. The molecule has 3 aromatic rings. The van der Waals surface area contributed by atoms with Gasteiger partial charge in [0, 0.05) is 31.1 Å². The Morgan fingerprint density at radius 2 is 1.60 bits per heavy atom. The standard InChI is InChI=1S/C24H25F6N5O3S2/c25-23(26,27)11-18-10-19-21(32-14-33-22(19)39-18)35-7-5-34(6-8-35)20(36)9-16-1-3-17(4-2-16)12-40(37,38)15-31-13-24(28,29)30/h1-4,10,14,31H,5-9,11-13,15H2. The number of alkyl halides is 6. The second-order valence-electron chi connectivity index (χ2n) is 9.36. The van der Waals surface area contributed by atoms with Gasteiger partial charge in [0.2, 0.25) is 5.91 Å². The number of carbonyl (C=O) groups is 1. The van der Waals surface area contributed by atoms with Gasteiger partial charge in [-0.1, -0.05) is 24.3 Å². The van der Waals surface area contributed by atoms with Crippen LogP contribution in [0.15, 0.2) is 36.7 Å². The van der Waals surface area contributed by atoms with Crippen molar-refractivity contribution in [3.63, 3.8) is 0 Å². The second kappa shape index (κ2) is 11.9. The Morgan fingerprint density at radius 1 is 0.950 bits per heavy atom. The number of nitrogens with one attached hydrogen (secondary N) is 1. The van der Waals surface area contributed by atoms with Crippen molar-refractivity contribution in [2.45, 2.75) is 30.9 Å². The summed E-state index contributed by atoms with van der Waals surface area (Å²) in [5.41, 5.74) is 1.04. The largest absolute Gasteiger partial charge is 0.401 e. The summed E-state index contributed by atoms with van der Waals surface area (Å²) in [6, 6.07) is 7.73. The van der Waals surface area contributed by atoms with Gasteiger partial charge in [-0.25, -0.2) is 18.4 Å². The van der Waals surface area contributed by atoms with Gasteiger partial charge >= 0.3 is 12.4 Å². The van der Waals surface area contributed by atoms with Gasteiger partial charge < -0.3 is 9.80 Å². The molecule has 2 aromatic heterocycles. The topological polar surface area (TPSA) is 95.5 Å². The van der Waals surface area contributed by atoms with Gasteiger partial charge in [0.15, 0.2) is 9.84 Å². The van der Waals surface area contributed by atoms with Gasteiger partial charge in [0.1, 0.15) is 17.0 Å². The van der Waals surface area contributed by atoms with E-state index in [1.165, 1.54) is 24.5 Å². The predicted octanol–water partition coefficient (Wildman–Crippen LogP) is 3.71. The summed E-state index contributed by atoms with van der Waals surface area (Å²) in [6.45, 7) is 0.223. The number of carbonyl (C=O) groups excluding carboxylic acids is 1. The average molecular weight is 610 g/mol. The summed E-state index contributed by atoms with van der Waals surface area (Å²) in [4.78, 5) is 25.4. The van der Waals surface area contributed by atoms with E-state index in [4.69, 9.17) is 0 Å². The Balaban J connectivity index is 1.30. The Hall–Kier alpha value is -2.98. The van der Waals surface area contributed by atoms with Gasteiger partial charge in [-0.15, -0.1) is 11.3 Å². The molecule has 0 aliphatic carbocycles. The first-order valence-corrected chi connectivity index (χ1v) is 14.7. The molecule has 1 aromatic carbocycles. The van der Waals surface area contributed by atoms with E-state index in [1.807, 2.05) is 10.2 Å². The first kappa shape index (κ1) is 30.0. The highest BCUT2D eigenvalue weighted by Crippen LogP contribution is 2.34. The van der Waals surface area contributed by atoms with Crippen LogP contribution in [0.2, 0.25) is 0 Å². The van der Waals surface area contributed by atoms with Crippen LogP contribution in [0.3, 0.4) is 0 Å². The molecule has 0 atom stereocenters. The summed E-state index contributed by atoms with van der Waals surface area (Å²) in [7, 11) is -3.81. The maximum atomic E-state index is 12.9. The van der Waals surface area contributed by atoms with Crippen LogP contribution in [0, 0.1) is 0 Å². The zero-order valence-electron chi connectivity index (χ0n) is 20.9. The highest BCUT2D eigenvalue weighted by molar-refractivity contribution is 7.90. The smallest absolute Gasteiger partial charge is 0.352 e. The molecule has 1 aliphatic rings. The van der Waals surface area contributed by atoms with Gasteiger partial charge in [-0.05, 0) is 17.2 Å². The van der Waals surface area contributed by atoms with Crippen LogP contribution in [-0.4, -0.2) is 80.1 Å². The molecule has 0 unspecified atom stereocenters. The molecule has 0 spiro atoms. The van der Waals surface area contributed by atoms with Crippen LogP contribution in [0.1, 0.15) is 16.0 Å². The third-order valence-electron chi connectivity index (χ3n) is 6.08. The molecule has 4 rings (SSSR count). The maximum Gasteiger partial charge on any atom is 0.401 e. The molecule has 1 saturated heterocycles. The van der Waals surface area contributed by atoms with Crippen LogP contribution >= 0.6 is 11.3 Å². The van der Waals surface area contributed by atoms with Crippen LogP contribution in [-0.2, 0) is 33.2 Å². The molecule has 0 radical (unpaired) electrons. The minimum atomic E-state index is -4.51. The van der Waals surface area contributed by atoms with Crippen LogP contribution < -0.4 is 10.2 Å². The molecule has 0 bridgehead atoms. The lowest BCUT2D eigenvalue weighted by atomic mass is 10.1. The van der Waals surface area contributed by atoms with Crippen molar-refractivity contribution in [1.82, 2.24) is 20.2 Å². The fraction of sp³-hybridized carbons (Fsp3) is 0.458. The number of amides is 1. The third-order valence-corrected chi connectivity index (χ3v) is 8.54. The lowest BCUT2D eigenvalue weighted by Gasteiger charge is -2.35. The average Bonchev–Trinajstić information content (AvgIpc) is 3.25. The molecule has 40 heavy (non-hydrogen) atoms. The lowest BCUT2D eigenvalue weighted by molar-refractivity contribution is -0.131. The molecular weight excluding hydrogens is 584 g/mol. The molecular formula is C24H25F6N5O3S2. The van der Waals surface area contributed by atoms with E-state index in [9.17, 15) is 39.6 Å². The fourth-order valence-electron chi connectivity index (χ4n) is 4.29. The number of benzene rings is 1. The van der Waals surface area contributed by atoms with E-state index in [0.29, 0.717) is 53.3 Å². The number of sulfone groups is 1. The highest BCUT2D eigenvalue weighted by Gasteiger charge is 2.30. The number of hydrogen-bond donors (Lipinski definition) is 1. The van der Waals surface area contributed by atoms with Crippen LogP contribution in [0.25, 0.3) is 10.2 Å². The van der Waals surface area contributed by atoms with Crippen molar-refractivity contribution in [3.05, 3.63) is 52.7 Å². The molecule has 8 nitrogen and oxygen atoms in total. The Bertz CT molecular complexity index is 1430. The third kappa shape index (κ3) is 8.51. The summed E-state index contributed by atoms with van der Waals surface area (Å²) >= 11 is 0.977. The summed E-state index contributed by atoms with van der Waals surface area (Å²) in [5.74, 6) is -0.861. The molecule has 1 aliphatic heterocycles. The highest BCUT2D eigenvalue weighted by atomic mass is 32.2. The van der Waals surface area contributed by atoms with E-state index in [1.54, 1.807) is 17.0 Å². The number of thiophene rings is 1. The quantitative estimate of drug-likeness (QED) is 0.370. The minimum absolute atomic E-state index is 0.0727. The van der Waals surface area contributed by atoms with E-state index in [-0.39, 0.29) is 17.2 Å². The number of piperazine rings is 1. The number of aromatic nitrogens is 2. The monoisotopic (exact) mass is 609 g/mol. The van der Waals surface area contributed by atoms with Crippen LogP contribution in [0.4, 0.5) is 32.2 Å². The molecule has 3 heterocycles. The SMILES string of the molecule is O=C(Cc1ccc(CS(=O)(=O)CNCC(F)(F)F)cc1)N1CCN(c2ncnc3sc(CC(F)(F)F)cc23)CC1. The lowest BCUT2D eigenvalue weighted by Crippen LogP contribution is -2.49. The van der Waals surface area contributed by atoms with Crippen molar-refractivity contribution in [1.29, 1.82) is 0 Å². The maximum absolute atomic E-state index is 12.9. The summed E-state index contributed by atoms with van der Waals surface area (Å²) in [5, 5.41) is 2.42. The number of halogens is 6. The molecule has 1 amide bonds. The van der Waals surface area contributed by atoms with E-state index >= 15 is 0 Å². The molecule has 16 heteroatoms. The Labute approximate surface area is 229 Å². The van der Waals surface area contributed by atoms with Crippen molar-refractivity contribution in [2.24, 2.45) is 0 Å². The molecule has 0 saturated carbocycles. The summed E-state index contributed by atoms with van der Waals surface area (Å²) in [6.07, 6.45) is -8.48. The molecule has 218 valence electrons. The van der Waals surface area contributed by atoms with Crippen molar-refractivity contribution < 1.29 is 39.6 Å². The zero-order chi connectivity index (χ0) is 29.1. The Kier molecular flexibility index (Phi) is 8.89. The molecule has 1 N–H and O–H groups in total. The first-order chi connectivity index (χ1) is 18.7. The van der Waals surface area contributed by atoms with Gasteiger partial charge in [-0.2, -0.15) is 26.3 Å². The second-order valence-corrected chi connectivity index (χ2v) is 12.5. The number of hydrogen-bond acceptors (Lipinski definition) is 8.